The molecule has 1 N–H and O–H groups in total. The number of carbonyl (C=O) groups excluding carboxylic acids is 2. The third-order valence-electron chi connectivity index (χ3n) is 4.66. The number of thiocarbonyl (C=S) groups is 1. The number of carbonyl (C=O) groups is 2. The van der Waals surface area contributed by atoms with Gasteiger partial charge in [0.2, 0.25) is 0 Å². The van der Waals surface area contributed by atoms with Gasteiger partial charge in [-0.15, -0.1) is 0 Å². The summed E-state index contributed by atoms with van der Waals surface area (Å²) >= 11 is 11.2. The molecule has 0 atom stereocenters. The molecule has 2 aromatic carbocycles. The van der Waals surface area contributed by atoms with Crippen LogP contribution < -0.4 is 15.0 Å². The number of ether oxygens (including phenoxy) is 1. The van der Waals surface area contributed by atoms with E-state index in [9.17, 15) is 9.59 Å². The molecule has 30 heavy (non-hydrogen) atoms. The number of nitrogens with zero attached hydrogens (tertiary/aromatic N) is 1. The Kier molecular flexibility index (Phi) is 7.60. The molecule has 0 bridgehead atoms. The first-order valence-corrected chi connectivity index (χ1v) is 10.7. The highest BCUT2D eigenvalue weighted by Gasteiger charge is 2.34. The van der Waals surface area contributed by atoms with Crippen LogP contribution in [0.15, 0.2) is 54.1 Å². The predicted molar refractivity (Wildman–Crippen MR) is 124 cm³/mol. The smallest absolute Gasteiger partial charge is 0.270 e. The predicted octanol–water partition coefficient (Wildman–Crippen LogP) is 5.13. The molecule has 0 spiro atoms. The van der Waals surface area contributed by atoms with E-state index in [0.29, 0.717) is 28.6 Å². The van der Waals surface area contributed by atoms with Crippen molar-refractivity contribution >= 4 is 52.5 Å². The number of hydrogen-bond acceptors (Lipinski definition) is 4. The summed E-state index contributed by atoms with van der Waals surface area (Å²) in [6, 6.07) is 14.0. The molecule has 2 aromatic rings. The number of amides is 2. The van der Waals surface area contributed by atoms with Crippen LogP contribution in [0.4, 0.5) is 5.69 Å². The summed E-state index contributed by atoms with van der Waals surface area (Å²) in [5.41, 5.74) is 1.18. The molecule has 2 amide bonds. The first kappa shape index (κ1) is 22.0. The summed E-state index contributed by atoms with van der Waals surface area (Å²) in [5, 5.41) is 3.16. The number of rotatable bonds is 8. The second kappa shape index (κ2) is 10.4. The van der Waals surface area contributed by atoms with E-state index in [1.54, 1.807) is 30.3 Å². The van der Waals surface area contributed by atoms with Crippen LogP contribution in [0.1, 0.15) is 38.2 Å². The van der Waals surface area contributed by atoms with E-state index in [2.05, 4.69) is 12.2 Å². The lowest BCUT2D eigenvalue weighted by molar-refractivity contribution is -0.122. The van der Waals surface area contributed by atoms with E-state index in [-0.39, 0.29) is 10.7 Å². The molecule has 1 aliphatic heterocycles. The monoisotopic (exact) mass is 442 g/mol. The fraction of sp³-hybridized carbons (Fsp3) is 0.261. The molecule has 7 heteroatoms. The third kappa shape index (κ3) is 5.26. The summed E-state index contributed by atoms with van der Waals surface area (Å²) in [6.45, 7) is 2.74. The van der Waals surface area contributed by atoms with Crippen LogP contribution in [0, 0.1) is 0 Å². The standard InChI is InChI=1S/C23H23ClN2O3S/c1-2-3-4-7-14-29-20-9-6-5-8-16(20)15-19-21(27)25-23(30)26(22(19)28)18-12-10-17(24)11-13-18/h5-6,8-13,15H,2-4,7,14H2,1H3,(H,25,27,30). The van der Waals surface area contributed by atoms with Gasteiger partial charge in [0, 0.05) is 10.6 Å². The highest BCUT2D eigenvalue weighted by Crippen LogP contribution is 2.26. The van der Waals surface area contributed by atoms with Crippen molar-refractivity contribution in [3.05, 3.63) is 64.7 Å². The van der Waals surface area contributed by atoms with Gasteiger partial charge in [0.1, 0.15) is 11.3 Å². The fourth-order valence-electron chi connectivity index (χ4n) is 3.08. The minimum Gasteiger partial charge on any atom is -0.493 e. The van der Waals surface area contributed by atoms with Crippen LogP contribution in [0.3, 0.4) is 0 Å². The lowest BCUT2D eigenvalue weighted by atomic mass is 10.1. The lowest BCUT2D eigenvalue weighted by Gasteiger charge is -2.29. The van der Waals surface area contributed by atoms with Crippen molar-refractivity contribution in [3.63, 3.8) is 0 Å². The van der Waals surface area contributed by atoms with E-state index in [1.807, 2.05) is 24.3 Å². The number of hydrogen-bond donors (Lipinski definition) is 1. The molecular weight excluding hydrogens is 420 g/mol. The normalized spacial score (nSPS) is 15.5. The molecule has 5 nitrogen and oxygen atoms in total. The maximum absolute atomic E-state index is 13.1. The first-order chi connectivity index (χ1) is 14.5. The second-order valence-corrected chi connectivity index (χ2v) is 7.70. The van der Waals surface area contributed by atoms with Crippen molar-refractivity contribution in [1.82, 2.24) is 5.32 Å². The molecule has 3 rings (SSSR count). The largest absolute Gasteiger partial charge is 0.493 e. The molecule has 0 saturated carbocycles. The van der Waals surface area contributed by atoms with E-state index < -0.39 is 11.8 Å². The molecule has 0 aliphatic carbocycles. The number of nitrogens with one attached hydrogen (secondary N) is 1. The van der Waals surface area contributed by atoms with Crippen molar-refractivity contribution in [3.8, 4) is 5.75 Å². The average Bonchev–Trinajstić information content (AvgIpc) is 2.73. The first-order valence-electron chi connectivity index (χ1n) is 9.90. The molecule has 1 saturated heterocycles. The number of benzene rings is 2. The number of anilines is 1. The molecule has 1 fully saturated rings. The minimum absolute atomic E-state index is 0.0133. The summed E-state index contributed by atoms with van der Waals surface area (Å²) in [5.74, 6) is -0.398. The van der Waals surface area contributed by atoms with Crippen LogP contribution in [-0.2, 0) is 9.59 Å². The van der Waals surface area contributed by atoms with Gasteiger partial charge in [-0.05, 0) is 55.0 Å². The van der Waals surface area contributed by atoms with Crippen LogP contribution in [-0.4, -0.2) is 23.5 Å². The Labute approximate surface area is 186 Å². The number of para-hydroxylation sites is 1. The van der Waals surface area contributed by atoms with Crippen molar-refractivity contribution in [1.29, 1.82) is 0 Å². The second-order valence-electron chi connectivity index (χ2n) is 6.88. The minimum atomic E-state index is -0.534. The van der Waals surface area contributed by atoms with Gasteiger partial charge in [0.15, 0.2) is 5.11 Å². The summed E-state index contributed by atoms with van der Waals surface area (Å²) < 4.78 is 5.90. The summed E-state index contributed by atoms with van der Waals surface area (Å²) in [4.78, 5) is 26.9. The van der Waals surface area contributed by atoms with Gasteiger partial charge >= 0.3 is 0 Å². The number of halogens is 1. The summed E-state index contributed by atoms with van der Waals surface area (Å²) in [6.07, 6.45) is 5.94. The Bertz CT molecular complexity index is 973. The van der Waals surface area contributed by atoms with E-state index >= 15 is 0 Å². The van der Waals surface area contributed by atoms with E-state index in [1.165, 1.54) is 11.3 Å². The van der Waals surface area contributed by atoms with Crippen molar-refractivity contribution in [2.24, 2.45) is 0 Å². The molecule has 156 valence electrons. The van der Waals surface area contributed by atoms with Crippen molar-refractivity contribution in [2.75, 3.05) is 11.5 Å². The zero-order valence-electron chi connectivity index (χ0n) is 16.7. The molecule has 0 unspecified atom stereocenters. The SMILES string of the molecule is CCCCCCOc1ccccc1C=C1C(=O)NC(=S)N(c2ccc(Cl)cc2)C1=O. The van der Waals surface area contributed by atoms with Crippen LogP contribution >= 0.6 is 23.8 Å². The Morgan fingerprint density at radius 2 is 1.80 bits per heavy atom. The Morgan fingerprint density at radius 1 is 1.07 bits per heavy atom. The molecular formula is C23H23ClN2O3S. The van der Waals surface area contributed by atoms with Crippen LogP contribution in [0.2, 0.25) is 5.02 Å². The maximum atomic E-state index is 13.1. The fourth-order valence-corrected chi connectivity index (χ4v) is 3.49. The zero-order chi connectivity index (χ0) is 21.5. The Morgan fingerprint density at radius 3 is 2.53 bits per heavy atom. The van der Waals surface area contributed by atoms with Gasteiger partial charge in [0.05, 0.1) is 12.3 Å². The lowest BCUT2D eigenvalue weighted by Crippen LogP contribution is -2.54. The van der Waals surface area contributed by atoms with Crippen LogP contribution in [0.5, 0.6) is 5.75 Å². The zero-order valence-corrected chi connectivity index (χ0v) is 18.3. The molecule has 0 radical (unpaired) electrons. The number of unbranched alkanes of at least 4 members (excludes halogenated alkanes) is 3. The maximum Gasteiger partial charge on any atom is 0.270 e. The van der Waals surface area contributed by atoms with Gasteiger partial charge in [-0.1, -0.05) is 56.0 Å². The highest BCUT2D eigenvalue weighted by molar-refractivity contribution is 7.80. The van der Waals surface area contributed by atoms with Crippen molar-refractivity contribution < 1.29 is 14.3 Å². The van der Waals surface area contributed by atoms with Gasteiger partial charge in [-0.25, -0.2) is 0 Å². The third-order valence-corrected chi connectivity index (χ3v) is 5.20. The van der Waals surface area contributed by atoms with Gasteiger partial charge in [-0.3, -0.25) is 19.8 Å². The topological polar surface area (TPSA) is 58.6 Å². The molecule has 1 heterocycles. The molecule has 0 aromatic heterocycles. The van der Waals surface area contributed by atoms with Crippen molar-refractivity contribution in [2.45, 2.75) is 32.6 Å². The highest BCUT2D eigenvalue weighted by atomic mass is 35.5. The quantitative estimate of drug-likeness (QED) is 0.266. The Hall–Kier alpha value is -2.70. The Balaban J connectivity index is 1.85. The average molecular weight is 443 g/mol. The van der Waals surface area contributed by atoms with Gasteiger partial charge in [-0.2, -0.15) is 0 Å². The molecule has 1 aliphatic rings. The van der Waals surface area contributed by atoms with Gasteiger partial charge in [0.25, 0.3) is 11.8 Å². The van der Waals surface area contributed by atoms with E-state index in [0.717, 1.165) is 19.3 Å². The van der Waals surface area contributed by atoms with Crippen LogP contribution in [0.25, 0.3) is 6.08 Å². The van der Waals surface area contributed by atoms with Gasteiger partial charge < -0.3 is 4.74 Å². The summed E-state index contributed by atoms with van der Waals surface area (Å²) in [7, 11) is 0. The van der Waals surface area contributed by atoms with E-state index in [4.69, 9.17) is 28.6 Å².